The monoisotopic (exact) mass is 405 g/mol. The van der Waals surface area contributed by atoms with Gasteiger partial charge in [-0.2, -0.15) is 0 Å². The minimum Gasteiger partial charge on any atom is -0.378 e. The summed E-state index contributed by atoms with van der Waals surface area (Å²) in [5, 5.41) is 2.71. The Balaban J connectivity index is 1.78. The molecule has 3 amide bonds. The Bertz CT molecular complexity index is 1040. The molecule has 1 N–H and O–H groups in total. The molecule has 4 rings (SSSR count). The van der Waals surface area contributed by atoms with Crippen LogP contribution in [0.3, 0.4) is 0 Å². The number of rotatable bonds is 4. The predicted octanol–water partition coefficient (Wildman–Crippen LogP) is 2.57. The molecule has 0 radical (unpaired) electrons. The van der Waals surface area contributed by atoms with Crippen molar-refractivity contribution in [2.24, 2.45) is 0 Å². The van der Waals surface area contributed by atoms with Gasteiger partial charge < -0.3 is 15.0 Å². The summed E-state index contributed by atoms with van der Waals surface area (Å²) in [6, 6.07) is 14.3. The zero-order valence-electron chi connectivity index (χ0n) is 17.0. The van der Waals surface area contributed by atoms with Crippen LogP contribution in [0.4, 0.5) is 11.4 Å². The van der Waals surface area contributed by atoms with E-state index in [9.17, 15) is 14.4 Å². The number of aryl methyl sites for hydroxylation is 1. The first-order valence-electron chi connectivity index (χ1n) is 9.86. The Hall–Kier alpha value is -3.45. The number of nitrogens with zero attached hydrogens (tertiary/aromatic N) is 2. The Kier molecular flexibility index (Phi) is 5.37. The van der Waals surface area contributed by atoms with E-state index >= 15 is 0 Å². The Morgan fingerprint density at radius 3 is 2.33 bits per heavy atom. The first-order chi connectivity index (χ1) is 14.5. The molecular weight excluding hydrogens is 382 g/mol. The highest BCUT2D eigenvalue weighted by Gasteiger charge is 2.42. The van der Waals surface area contributed by atoms with Gasteiger partial charge in [0.05, 0.1) is 24.5 Å². The largest absolute Gasteiger partial charge is 0.378 e. The van der Waals surface area contributed by atoms with Crippen LogP contribution in [0, 0.1) is 6.92 Å². The summed E-state index contributed by atoms with van der Waals surface area (Å²) in [6.07, 6.45) is 0. The van der Waals surface area contributed by atoms with Gasteiger partial charge in [0, 0.05) is 25.7 Å². The van der Waals surface area contributed by atoms with Crippen molar-refractivity contribution >= 4 is 34.7 Å². The second kappa shape index (κ2) is 8.12. The van der Waals surface area contributed by atoms with Crippen LogP contribution in [0.25, 0.3) is 5.57 Å². The molecule has 2 aliphatic rings. The van der Waals surface area contributed by atoms with Crippen molar-refractivity contribution in [1.29, 1.82) is 0 Å². The average Bonchev–Trinajstić information content (AvgIpc) is 2.99. The van der Waals surface area contributed by atoms with Crippen molar-refractivity contribution in [2.45, 2.75) is 13.8 Å². The molecule has 2 aromatic carbocycles. The maximum Gasteiger partial charge on any atom is 0.282 e. The number of benzene rings is 2. The molecule has 0 bridgehead atoms. The van der Waals surface area contributed by atoms with E-state index in [1.807, 2.05) is 30.0 Å². The zero-order valence-corrected chi connectivity index (χ0v) is 17.0. The summed E-state index contributed by atoms with van der Waals surface area (Å²) in [4.78, 5) is 41.4. The number of amides is 3. The van der Waals surface area contributed by atoms with Crippen LogP contribution in [0.5, 0.6) is 0 Å². The summed E-state index contributed by atoms with van der Waals surface area (Å²) in [6.45, 7) is 5.46. The lowest BCUT2D eigenvalue weighted by Crippen LogP contribution is -2.40. The van der Waals surface area contributed by atoms with E-state index in [2.05, 4.69) is 5.32 Å². The fraction of sp³-hybridized carbons (Fsp3) is 0.261. The number of morpholine rings is 1. The summed E-state index contributed by atoms with van der Waals surface area (Å²) in [5.74, 6) is -0.846. The molecule has 30 heavy (non-hydrogen) atoms. The first kappa shape index (κ1) is 19.8. The third-order valence-corrected chi connectivity index (χ3v) is 5.14. The molecule has 1 saturated heterocycles. The lowest BCUT2D eigenvalue weighted by molar-refractivity contribution is -0.121. The fourth-order valence-electron chi connectivity index (χ4n) is 3.78. The molecule has 154 valence electrons. The van der Waals surface area contributed by atoms with Crippen molar-refractivity contribution in [2.75, 3.05) is 36.5 Å². The Morgan fingerprint density at radius 1 is 1.00 bits per heavy atom. The molecule has 2 aliphatic heterocycles. The fourth-order valence-corrected chi connectivity index (χ4v) is 3.78. The highest BCUT2D eigenvalue weighted by Crippen LogP contribution is 2.35. The summed E-state index contributed by atoms with van der Waals surface area (Å²) < 4.78 is 5.43. The first-order valence-corrected chi connectivity index (χ1v) is 9.86. The van der Waals surface area contributed by atoms with E-state index in [4.69, 9.17) is 4.74 Å². The van der Waals surface area contributed by atoms with Crippen molar-refractivity contribution < 1.29 is 19.1 Å². The number of imide groups is 1. The van der Waals surface area contributed by atoms with Crippen LogP contribution in [0.1, 0.15) is 18.1 Å². The van der Waals surface area contributed by atoms with Gasteiger partial charge in [-0.25, -0.2) is 4.90 Å². The molecule has 7 nitrogen and oxygen atoms in total. The average molecular weight is 405 g/mol. The number of hydrogen-bond acceptors (Lipinski definition) is 5. The molecule has 7 heteroatoms. The lowest BCUT2D eigenvalue weighted by Gasteiger charge is -2.29. The third-order valence-electron chi connectivity index (χ3n) is 5.14. The Labute approximate surface area is 174 Å². The van der Waals surface area contributed by atoms with Gasteiger partial charge in [-0.15, -0.1) is 0 Å². The smallest absolute Gasteiger partial charge is 0.282 e. The zero-order chi connectivity index (χ0) is 21.3. The summed E-state index contributed by atoms with van der Waals surface area (Å²) in [5.41, 5.74) is 3.57. The van der Waals surface area contributed by atoms with E-state index in [0.29, 0.717) is 54.5 Å². The van der Waals surface area contributed by atoms with Gasteiger partial charge in [0.25, 0.3) is 11.8 Å². The molecule has 2 aromatic rings. The van der Waals surface area contributed by atoms with Crippen LogP contribution in [-0.2, 0) is 19.1 Å². The number of nitrogens with one attached hydrogen (secondary N) is 1. The maximum absolute atomic E-state index is 13.5. The van der Waals surface area contributed by atoms with Crippen molar-refractivity contribution in [3.63, 3.8) is 0 Å². The quantitative estimate of drug-likeness (QED) is 0.791. The maximum atomic E-state index is 13.5. The second-order valence-corrected chi connectivity index (χ2v) is 7.37. The van der Waals surface area contributed by atoms with Gasteiger partial charge in [-0.1, -0.05) is 24.3 Å². The van der Waals surface area contributed by atoms with Crippen LogP contribution < -0.4 is 10.2 Å². The minimum atomic E-state index is -0.348. The van der Waals surface area contributed by atoms with E-state index in [1.54, 1.807) is 30.3 Å². The molecule has 0 unspecified atom stereocenters. The van der Waals surface area contributed by atoms with E-state index in [0.717, 1.165) is 5.56 Å². The molecular formula is C23H23N3O4. The van der Waals surface area contributed by atoms with Gasteiger partial charge in [0.15, 0.2) is 0 Å². The second-order valence-electron chi connectivity index (χ2n) is 7.37. The van der Waals surface area contributed by atoms with Gasteiger partial charge in [0.2, 0.25) is 5.91 Å². The van der Waals surface area contributed by atoms with Crippen LogP contribution in [0.15, 0.2) is 54.2 Å². The van der Waals surface area contributed by atoms with Crippen molar-refractivity contribution in [3.05, 3.63) is 65.4 Å². The van der Waals surface area contributed by atoms with Crippen LogP contribution in [0.2, 0.25) is 0 Å². The highest BCUT2D eigenvalue weighted by atomic mass is 16.5. The van der Waals surface area contributed by atoms with Gasteiger partial charge >= 0.3 is 0 Å². The number of carbonyl (C=O) groups is 3. The van der Waals surface area contributed by atoms with E-state index in [1.165, 1.54) is 11.8 Å². The number of ether oxygens (including phenoxy) is 1. The van der Waals surface area contributed by atoms with Gasteiger partial charge in [-0.05, 0) is 42.3 Å². The van der Waals surface area contributed by atoms with E-state index in [-0.39, 0.29) is 17.7 Å². The van der Waals surface area contributed by atoms with Gasteiger partial charge in [0.1, 0.15) is 5.70 Å². The molecule has 2 heterocycles. The van der Waals surface area contributed by atoms with Crippen LogP contribution in [-0.4, -0.2) is 48.9 Å². The SMILES string of the molecule is CC(=O)Nc1ccc(C2=C(N3CCOCC3)C(=O)N(c3cccc(C)c3)C2=O)cc1. The highest BCUT2D eigenvalue weighted by molar-refractivity contribution is 6.45. The Morgan fingerprint density at radius 2 is 1.70 bits per heavy atom. The molecule has 0 spiro atoms. The third kappa shape index (κ3) is 3.71. The number of anilines is 2. The van der Waals surface area contributed by atoms with Crippen molar-refractivity contribution in [1.82, 2.24) is 4.90 Å². The number of hydrogen-bond donors (Lipinski definition) is 1. The molecule has 1 fully saturated rings. The molecule has 0 atom stereocenters. The standard InChI is InChI=1S/C23H23N3O4/c1-15-4-3-5-19(14-15)26-22(28)20(17-6-8-18(9-7-17)24-16(2)27)21(23(26)29)25-10-12-30-13-11-25/h3-9,14H,10-13H2,1-2H3,(H,24,27). The molecule has 0 saturated carbocycles. The van der Waals surface area contributed by atoms with Crippen LogP contribution >= 0.6 is 0 Å². The minimum absolute atomic E-state index is 0.172. The normalized spacial score (nSPS) is 17.0. The molecule has 0 aromatic heterocycles. The predicted molar refractivity (Wildman–Crippen MR) is 114 cm³/mol. The molecule has 0 aliphatic carbocycles. The summed E-state index contributed by atoms with van der Waals surface area (Å²) >= 11 is 0. The van der Waals surface area contributed by atoms with Crippen molar-refractivity contribution in [3.8, 4) is 0 Å². The lowest BCUT2D eigenvalue weighted by atomic mass is 10.0. The van der Waals surface area contributed by atoms with E-state index < -0.39 is 0 Å². The number of carbonyl (C=O) groups excluding carboxylic acids is 3. The van der Waals surface area contributed by atoms with Gasteiger partial charge in [-0.3, -0.25) is 14.4 Å². The topological polar surface area (TPSA) is 79.0 Å². The summed E-state index contributed by atoms with van der Waals surface area (Å²) in [7, 11) is 0.